The largest absolute Gasteiger partial charge is 0.308 e. The van der Waals surface area contributed by atoms with E-state index in [1.165, 1.54) is 4.41 Å². The zero-order valence-corrected chi connectivity index (χ0v) is 21.1. The molecule has 1 heterocycles. The maximum atomic E-state index is 13.9. The van der Waals surface area contributed by atoms with Crippen LogP contribution < -0.4 is 9.09 Å². The molecule has 0 aliphatic rings. The van der Waals surface area contributed by atoms with E-state index in [4.69, 9.17) is 0 Å². The first-order valence-corrected chi connectivity index (χ1v) is 13.2. The molecular weight excluding hydrogens is 464 g/mol. The van der Waals surface area contributed by atoms with Crippen LogP contribution in [0.3, 0.4) is 0 Å². The van der Waals surface area contributed by atoms with Crippen molar-refractivity contribution in [1.29, 1.82) is 0 Å². The van der Waals surface area contributed by atoms with Gasteiger partial charge in [0.1, 0.15) is 0 Å². The van der Waals surface area contributed by atoms with Crippen molar-refractivity contribution in [3.63, 3.8) is 0 Å². The number of sulfonamides is 1. The van der Waals surface area contributed by atoms with Crippen LogP contribution in [0.25, 0.3) is 33.6 Å². The van der Waals surface area contributed by atoms with E-state index in [1.54, 1.807) is 23.9 Å². The number of nitrogens with zero attached hydrogens (tertiary/aromatic N) is 2. The Morgan fingerprint density at radius 1 is 0.556 bits per heavy atom. The standard InChI is InChI=1S/C31H27N2O2S/c1-24-18-20-29(21-19-24)36(34,35)32(2)33-30(26-14-8-4-9-15-26)22-28(25-12-6-3-7-13-25)23-31(33)27-16-10-5-11-17-27/h3-23H,1-2H3/q+1. The number of aromatic nitrogens is 1. The molecule has 0 amide bonds. The maximum absolute atomic E-state index is 13.9. The van der Waals surface area contributed by atoms with E-state index < -0.39 is 10.0 Å². The maximum Gasteiger partial charge on any atom is 0.308 e. The molecule has 5 heteroatoms. The van der Waals surface area contributed by atoms with Crippen LogP contribution in [0.4, 0.5) is 0 Å². The summed E-state index contributed by atoms with van der Waals surface area (Å²) in [5, 5.41) is 0. The topological polar surface area (TPSA) is 41.3 Å². The summed E-state index contributed by atoms with van der Waals surface area (Å²) < 4.78 is 30.9. The number of benzene rings is 4. The van der Waals surface area contributed by atoms with Gasteiger partial charge in [-0.2, -0.15) is 8.42 Å². The molecule has 4 aromatic carbocycles. The fourth-order valence-electron chi connectivity index (χ4n) is 4.29. The number of hydrogen-bond donors (Lipinski definition) is 0. The lowest BCUT2D eigenvalue weighted by Gasteiger charge is -2.19. The average Bonchev–Trinajstić information content (AvgIpc) is 2.93. The summed E-state index contributed by atoms with van der Waals surface area (Å²) in [6.45, 7) is 1.94. The van der Waals surface area contributed by atoms with Crippen molar-refractivity contribution in [3.8, 4) is 33.6 Å². The summed E-state index contributed by atoms with van der Waals surface area (Å²) in [4.78, 5) is 0.244. The Bertz CT molecular complexity index is 1520. The van der Waals surface area contributed by atoms with Gasteiger partial charge >= 0.3 is 10.0 Å². The lowest BCUT2D eigenvalue weighted by Crippen LogP contribution is -2.60. The summed E-state index contributed by atoms with van der Waals surface area (Å²) in [6.07, 6.45) is 0. The molecule has 5 rings (SSSR count). The third-order valence-electron chi connectivity index (χ3n) is 6.24. The van der Waals surface area contributed by atoms with Crippen LogP contribution in [-0.4, -0.2) is 15.5 Å². The van der Waals surface area contributed by atoms with Crippen LogP contribution in [0.15, 0.2) is 132 Å². The molecule has 4 nitrogen and oxygen atoms in total. The van der Waals surface area contributed by atoms with Gasteiger partial charge in [-0.25, -0.2) is 0 Å². The van der Waals surface area contributed by atoms with Gasteiger partial charge in [0.05, 0.1) is 11.9 Å². The molecule has 0 aliphatic heterocycles. The van der Waals surface area contributed by atoms with Crippen molar-refractivity contribution in [2.45, 2.75) is 11.8 Å². The average molecular weight is 492 g/mol. The number of hydrogen-bond acceptors (Lipinski definition) is 2. The minimum absolute atomic E-state index is 0.244. The molecule has 0 spiro atoms. The van der Waals surface area contributed by atoms with E-state index >= 15 is 0 Å². The lowest BCUT2D eigenvalue weighted by molar-refractivity contribution is -0.651. The number of pyridine rings is 1. The number of aryl methyl sites for hydroxylation is 1. The number of rotatable bonds is 6. The van der Waals surface area contributed by atoms with E-state index in [1.807, 2.05) is 97.9 Å². The first-order chi connectivity index (χ1) is 17.4. The summed E-state index contributed by atoms with van der Waals surface area (Å²) >= 11 is 0. The molecule has 1 aromatic heterocycles. The highest BCUT2D eigenvalue weighted by Gasteiger charge is 2.34. The molecule has 0 bridgehead atoms. The highest BCUT2D eigenvalue weighted by molar-refractivity contribution is 7.92. The molecule has 178 valence electrons. The second-order valence-electron chi connectivity index (χ2n) is 8.68. The molecule has 0 atom stereocenters. The minimum atomic E-state index is -3.85. The van der Waals surface area contributed by atoms with Crippen molar-refractivity contribution in [3.05, 3.63) is 133 Å². The SMILES string of the molecule is Cc1ccc(S(=O)(=O)N(C)[n+]2c(-c3ccccc3)cc(-c3ccccc3)cc2-c2ccccc2)cc1. The van der Waals surface area contributed by atoms with E-state index in [-0.39, 0.29) is 4.90 Å². The van der Waals surface area contributed by atoms with Crippen LogP contribution in [0.5, 0.6) is 0 Å². The van der Waals surface area contributed by atoms with Crippen molar-refractivity contribution in [2.75, 3.05) is 11.5 Å². The Hall–Kier alpha value is -4.22. The van der Waals surface area contributed by atoms with Gasteiger partial charge in [0.2, 0.25) is 11.4 Å². The smallest absolute Gasteiger partial charge is 0.196 e. The van der Waals surface area contributed by atoms with Gasteiger partial charge in [-0.3, -0.25) is 0 Å². The van der Waals surface area contributed by atoms with Crippen LogP contribution in [0.2, 0.25) is 0 Å². The zero-order valence-electron chi connectivity index (χ0n) is 20.2. The molecule has 0 N–H and O–H groups in total. The Morgan fingerprint density at radius 3 is 1.42 bits per heavy atom. The molecule has 0 saturated heterocycles. The zero-order chi connectivity index (χ0) is 25.1. The van der Waals surface area contributed by atoms with Gasteiger partial charge in [0, 0.05) is 23.3 Å². The van der Waals surface area contributed by atoms with Crippen molar-refractivity contribution < 1.29 is 13.1 Å². The molecule has 0 saturated carbocycles. The van der Waals surface area contributed by atoms with Gasteiger partial charge in [0.15, 0.2) is 0 Å². The second-order valence-corrected chi connectivity index (χ2v) is 10.6. The Morgan fingerprint density at radius 2 is 0.972 bits per heavy atom. The fourth-order valence-corrected chi connectivity index (χ4v) is 5.46. The van der Waals surface area contributed by atoms with Crippen LogP contribution in [0, 0.1) is 6.92 Å². The monoisotopic (exact) mass is 491 g/mol. The quantitative estimate of drug-likeness (QED) is 0.264. The molecule has 5 aromatic rings. The van der Waals surface area contributed by atoms with Gasteiger partial charge in [-0.15, -0.1) is 0 Å². The summed E-state index contributed by atoms with van der Waals surface area (Å²) in [6, 6.07) is 41.0. The Balaban J connectivity index is 1.82. The molecular formula is C31H27N2O2S+. The van der Waals surface area contributed by atoms with Crippen molar-refractivity contribution in [2.24, 2.45) is 0 Å². The van der Waals surface area contributed by atoms with E-state index in [0.29, 0.717) is 0 Å². The highest BCUT2D eigenvalue weighted by Crippen LogP contribution is 2.30. The van der Waals surface area contributed by atoms with Crippen molar-refractivity contribution in [1.82, 2.24) is 0 Å². The Labute approximate surface area is 212 Å². The molecule has 0 radical (unpaired) electrons. The summed E-state index contributed by atoms with van der Waals surface area (Å²) in [5.41, 5.74) is 6.44. The fraction of sp³-hybridized carbons (Fsp3) is 0.0645. The third kappa shape index (κ3) is 4.53. The summed E-state index contributed by atoms with van der Waals surface area (Å²) in [5.74, 6) is 0. The van der Waals surface area contributed by atoms with Gasteiger partial charge < -0.3 is 0 Å². The van der Waals surface area contributed by atoms with Crippen LogP contribution in [0.1, 0.15) is 5.56 Å². The minimum Gasteiger partial charge on any atom is -0.196 e. The first kappa shape index (κ1) is 23.5. The molecule has 0 unspecified atom stereocenters. The predicted molar refractivity (Wildman–Crippen MR) is 145 cm³/mol. The lowest BCUT2D eigenvalue weighted by atomic mass is 10.00. The molecule has 0 fully saturated rings. The molecule has 0 aliphatic carbocycles. The van der Waals surface area contributed by atoms with E-state index in [0.717, 1.165) is 39.2 Å². The first-order valence-electron chi connectivity index (χ1n) is 11.8. The van der Waals surface area contributed by atoms with E-state index in [2.05, 4.69) is 24.3 Å². The van der Waals surface area contributed by atoms with Crippen LogP contribution >= 0.6 is 0 Å². The second kappa shape index (κ2) is 9.80. The van der Waals surface area contributed by atoms with Gasteiger partial charge in [-0.05, 0) is 54.4 Å². The highest BCUT2D eigenvalue weighted by atomic mass is 32.2. The third-order valence-corrected chi connectivity index (χ3v) is 7.96. The van der Waals surface area contributed by atoms with Crippen LogP contribution in [-0.2, 0) is 10.0 Å². The Kier molecular flexibility index (Phi) is 6.40. The van der Waals surface area contributed by atoms with Gasteiger partial charge in [0.25, 0.3) is 0 Å². The van der Waals surface area contributed by atoms with Gasteiger partial charge in [-0.1, -0.05) is 93.5 Å². The predicted octanol–water partition coefficient (Wildman–Crippen LogP) is 6.24. The molecule has 36 heavy (non-hydrogen) atoms. The summed E-state index contributed by atoms with van der Waals surface area (Å²) in [7, 11) is -2.24. The normalized spacial score (nSPS) is 11.3. The van der Waals surface area contributed by atoms with E-state index in [9.17, 15) is 8.42 Å². The van der Waals surface area contributed by atoms with Crippen molar-refractivity contribution >= 4 is 10.0 Å².